The molecule has 2 unspecified atom stereocenters. The predicted octanol–water partition coefficient (Wildman–Crippen LogP) is 7.90. The molecule has 5 atom stereocenters. The number of hydrogen-bond acceptors (Lipinski definition) is 17. The topological polar surface area (TPSA) is 339 Å². The molecule has 0 spiro atoms. The van der Waals surface area contributed by atoms with E-state index in [0.29, 0.717) is 42.0 Å². The van der Waals surface area contributed by atoms with E-state index < -0.39 is 93.3 Å². The number of phenolic OH excluding ortho intramolecular Hbond substituents is 1. The number of phenols is 1. The van der Waals surface area contributed by atoms with E-state index in [-0.39, 0.29) is 83.6 Å². The second kappa shape index (κ2) is 35.3. The van der Waals surface area contributed by atoms with Crippen molar-refractivity contribution in [2.24, 2.45) is 5.41 Å². The molecule has 7 amide bonds. The zero-order chi connectivity index (χ0) is 68.9. The van der Waals surface area contributed by atoms with Crippen LogP contribution in [0, 0.1) is 12.3 Å². The summed E-state index contributed by atoms with van der Waals surface area (Å²) in [4.78, 5) is 133. The van der Waals surface area contributed by atoms with Crippen LogP contribution in [0.3, 0.4) is 0 Å². The molecule has 1 fully saturated rings. The summed E-state index contributed by atoms with van der Waals surface area (Å²) in [5.74, 6) is -5.55. The van der Waals surface area contributed by atoms with Gasteiger partial charge in [-0.1, -0.05) is 113 Å². The number of likely N-dealkylation sites (N-methyl/N-ethyl adjacent to an activating group) is 1. The van der Waals surface area contributed by atoms with E-state index in [9.17, 15) is 57.7 Å². The molecule has 4 aromatic carbocycles. The number of imide groups is 1. The third kappa shape index (κ3) is 22.2. The lowest BCUT2D eigenvalue weighted by Gasteiger charge is -2.39. The summed E-state index contributed by atoms with van der Waals surface area (Å²) in [6, 6.07) is 29.0. The number of rotatable bonds is 36. The first-order chi connectivity index (χ1) is 45.2. The third-order valence-electron chi connectivity index (χ3n) is 15.8. The van der Waals surface area contributed by atoms with E-state index in [1.165, 1.54) is 23.5 Å². The summed E-state index contributed by atoms with van der Waals surface area (Å²) < 4.78 is 55.0. The van der Waals surface area contributed by atoms with Gasteiger partial charge in [-0.15, -0.1) is 11.3 Å². The van der Waals surface area contributed by atoms with Gasteiger partial charge in [0.15, 0.2) is 5.78 Å². The summed E-state index contributed by atoms with van der Waals surface area (Å²) in [6.45, 7) is 8.47. The SMILES string of the molecule is CCC(=C(c1ccc(O)cc1)c1ccc(OCCN(C)C(=O)CCOCCOCCC(=O)N[C@H](C(=O)N2C(P(=O)(O)OCCNC(=O)CCCCCN3C(=O)C=CC3=O)[C@H](OP(=O)(O)O)C[C@H]2C(=O)NCc2ccc(-c3scnc3C)cc2)C(C)(C)C)cc1)c1ccccc1. The van der Waals surface area contributed by atoms with Gasteiger partial charge in [0.25, 0.3) is 11.8 Å². The van der Waals surface area contributed by atoms with Crippen LogP contribution in [-0.4, -0.2) is 171 Å². The molecule has 7 rings (SSSR count). The highest BCUT2D eigenvalue weighted by atomic mass is 32.1. The fraction of sp³-hybridized carbons (Fsp3) is 0.433. The molecule has 0 radical (unpaired) electrons. The largest absolute Gasteiger partial charge is 0.508 e. The van der Waals surface area contributed by atoms with Crippen LogP contribution >= 0.6 is 26.8 Å². The number of carbonyl (C=O) groups excluding carboxylic acids is 7. The predicted molar refractivity (Wildman–Crippen MR) is 356 cm³/mol. The second-order valence-electron chi connectivity index (χ2n) is 23.8. The molecule has 2 aliphatic rings. The van der Waals surface area contributed by atoms with Crippen molar-refractivity contribution in [1.82, 2.24) is 35.6 Å². The number of likely N-dealkylation sites (tertiary alicyclic amines) is 1. The average Bonchev–Trinajstić information content (AvgIpc) is 1.62. The minimum absolute atomic E-state index is 0.0219. The van der Waals surface area contributed by atoms with Crippen LogP contribution in [0.5, 0.6) is 11.5 Å². The molecular weight excluding hydrogens is 1280 g/mol. The molecule has 25 nitrogen and oxygen atoms in total. The third-order valence-corrected chi connectivity index (χ3v) is 19.1. The fourth-order valence-corrected chi connectivity index (χ4v) is 14.0. The van der Waals surface area contributed by atoms with Gasteiger partial charge in [-0.25, -0.2) is 9.55 Å². The van der Waals surface area contributed by atoms with E-state index in [0.717, 1.165) is 55.3 Å². The Kier molecular flexibility index (Phi) is 27.7. The number of benzene rings is 4. The number of unbranched alkanes of at least 4 members (excludes halogenated alkanes) is 2. The molecule has 1 saturated heterocycles. The standard InChI is InChI=1S/C67H85N7O18P2S/c1-7-53(47-14-10-8-11-15-47)61(48-21-25-51(75)26-22-48)49-23-27-52(28-24-49)90-39-35-72(6)58(78)32-37-89-41-40-88-36-31-57(77)71-63(67(3,4)5)65(82)74-54(64(81)69-43-46-17-19-50(20-18-46)62-45(2)70-44-95-62)42-55(92-94(85,86)87)66(74)93(83,84)91-38-33-68-56(76)16-12-9-13-34-73-59(79)29-30-60(73)80/h8,10-11,14-15,17-30,44,54-55,63,66,75H,7,9,12-13,16,31-43H2,1-6H3,(H,68,76)(H,69,81)(H,71,77)(H,83,84)(H2,85,86,87)/t54-,55+,63+,66?/m0/s1. The zero-order valence-electron chi connectivity index (χ0n) is 54.2. The van der Waals surface area contributed by atoms with E-state index in [1.54, 1.807) is 62.5 Å². The minimum Gasteiger partial charge on any atom is -0.508 e. The van der Waals surface area contributed by atoms with E-state index in [2.05, 4.69) is 40.0 Å². The van der Waals surface area contributed by atoms with Crippen molar-refractivity contribution in [3.63, 3.8) is 0 Å². The fourth-order valence-electron chi connectivity index (χ4n) is 10.9. The van der Waals surface area contributed by atoms with E-state index in [4.69, 9.17) is 23.3 Å². The first-order valence-corrected chi connectivity index (χ1v) is 35.4. The number of phosphoric acid groups is 1. The normalized spacial score (nSPS) is 16.9. The van der Waals surface area contributed by atoms with Crippen LogP contribution < -0.4 is 20.7 Å². The van der Waals surface area contributed by atoms with Gasteiger partial charge in [-0.05, 0) is 94.8 Å². The van der Waals surface area contributed by atoms with Gasteiger partial charge in [-0.2, -0.15) is 0 Å². The Balaban J connectivity index is 0.905. The molecule has 1 aromatic heterocycles. The highest BCUT2D eigenvalue weighted by Gasteiger charge is 2.59. The van der Waals surface area contributed by atoms with Crippen LogP contribution in [0.4, 0.5) is 0 Å². The number of aryl methyl sites for hydroxylation is 1. The number of ether oxygens (including phenoxy) is 3. The summed E-state index contributed by atoms with van der Waals surface area (Å²) in [5, 5.41) is 18.0. The van der Waals surface area contributed by atoms with Gasteiger partial charge in [0.1, 0.15) is 36.3 Å². The number of allylic oxidation sites excluding steroid dienone is 1. The Bertz CT molecular complexity index is 3580. The molecule has 0 saturated carbocycles. The number of phosphoric ester groups is 1. The molecule has 2 aliphatic heterocycles. The lowest BCUT2D eigenvalue weighted by molar-refractivity contribution is -0.145. The Morgan fingerprint density at radius 2 is 1.40 bits per heavy atom. The molecule has 512 valence electrons. The maximum atomic E-state index is 15.2. The quantitative estimate of drug-likeness (QED) is 0.00867. The van der Waals surface area contributed by atoms with E-state index >= 15 is 4.79 Å². The van der Waals surface area contributed by atoms with Crippen molar-refractivity contribution in [1.29, 1.82) is 0 Å². The number of aromatic hydroxyl groups is 1. The molecule has 3 heterocycles. The van der Waals surface area contributed by atoms with Crippen LogP contribution in [-0.2, 0) is 67.8 Å². The summed E-state index contributed by atoms with van der Waals surface area (Å²) in [7, 11) is -9.19. The monoisotopic (exact) mass is 1370 g/mol. The van der Waals surface area contributed by atoms with Crippen LogP contribution in [0.15, 0.2) is 121 Å². The Hall–Kier alpha value is -7.74. The van der Waals surface area contributed by atoms with E-state index in [1.807, 2.05) is 73.7 Å². The van der Waals surface area contributed by atoms with Crippen LogP contribution in [0.25, 0.3) is 21.6 Å². The van der Waals surface area contributed by atoms with Gasteiger partial charge in [0.05, 0.1) is 62.1 Å². The first-order valence-electron chi connectivity index (χ1n) is 31.3. The number of nitrogens with zero attached hydrogens (tertiary/aromatic N) is 4. The second-order valence-corrected chi connectivity index (χ2v) is 27.8. The maximum absolute atomic E-state index is 15.2. The number of aromatic nitrogens is 1. The molecule has 0 bridgehead atoms. The molecule has 7 N–H and O–H groups in total. The number of hydrogen-bond donors (Lipinski definition) is 7. The molecule has 0 aliphatic carbocycles. The van der Waals surface area contributed by atoms with Crippen molar-refractivity contribution in [2.45, 2.75) is 117 Å². The van der Waals surface area contributed by atoms with Crippen LogP contribution in [0.1, 0.15) is 107 Å². The smallest absolute Gasteiger partial charge is 0.469 e. The van der Waals surface area contributed by atoms with Gasteiger partial charge in [0, 0.05) is 58.1 Å². The summed E-state index contributed by atoms with van der Waals surface area (Å²) >= 11 is 1.46. The number of carbonyl (C=O) groups is 7. The molecule has 95 heavy (non-hydrogen) atoms. The van der Waals surface area contributed by atoms with Crippen molar-refractivity contribution in [2.75, 3.05) is 66.3 Å². The minimum atomic E-state index is -5.52. The number of nitrogens with one attached hydrogen (secondary N) is 3. The lowest BCUT2D eigenvalue weighted by Crippen LogP contribution is -2.59. The summed E-state index contributed by atoms with van der Waals surface area (Å²) in [6.07, 6.45) is 1.60. The maximum Gasteiger partial charge on any atom is 0.469 e. The van der Waals surface area contributed by atoms with Crippen molar-refractivity contribution in [3.05, 3.63) is 149 Å². The first kappa shape index (κ1) is 74.7. The highest BCUT2D eigenvalue weighted by Crippen LogP contribution is 2.58. The Labute approximate surface area is 557 Å². The lowest BCUT2D eigenvalue weighted by atomic mass is 9.85. The van der Waals surface area contributed by atoms with Gasteiger partial charge < -0.3 is 64.3 Å². The van der Waals surface area contributed by atoms with Crippen molar-refractivity contribution in [3.8, 4) is 21.9 Å². The van der Waals surface area contributed by atoms with Crippen molar-refractivity contribution >= 4 is 79.3 Å². The molecule has 28 heteroatoms. The number of amides is 7. The van der Waals surface area contributed by atoms with Crippen molar-refractivity contribution < 1.29 is 85.7 Å². The average molecular weight is 1370 g/mol. The molecular formula is C67H85N7O18P2S. The highest BCUT2D eigenvalue weighted by molar-refractivity contribution is 7.53. The number of thiazole rings is 1. The van der Waals surface area contributed by atoms with Crippen LogP contribution in [0.2, 0.25) is 0 Å². The summed E-state index contributed by atoms with van der Waals surface area (Å²) in [5.41, 5.74) is 8.12. The molecule has 5 aromatic rings. The zero-order valence-corrected chi connectivity index (χ0v) is 56.8. The van der Waals surface area contributed by atoms with Gasteiger partial charge in [-0.3, -0.25) is 47.6 Å². The van der Waals surface area contributed by atoms with Gasteiger partial charge in [0.2, 0.25) is 29.5 Å². The Morgan fingerprint density at radius 3 is 2.01 bits per heavy atom. The Morgan fingerprint density at radius 1 is 0.758 bits per heavy atom. The van der Waals surface area contributed by atoms with Gasteiger partial charge >= 0.3 is 15.4 Å².